The minimum absolute atomic E-state index is 0.156. The molecule has 0 atom stereocenters. The zero-order valence-electron chi connectivity index (χ0n) is 18.8. The minimum Gasteiger partial charge on any atom is -0.445 e. The van der Waals surface area contributed by atoms with Crippen molar-refractivity contribution in [3.05, 3.63) is 70.8 Å². The third kappa shape index (κ3) is 4.74. The minimum atomic E-state index is -0.405. The molecule has 1 saturated heterocycles. The molecule has 0 saturated carbocycles. The van der Waals surface area contributed by atoms with E-state index in [1.54, 1.807) is 21.9 Å². The van der Waals surface area contributed by atoms with E-state index >= 15 is 0 Å². The summed E-state index contributed by atoms with van der Waals surface area (Å²) in [5.41, 5.74) is 1.88. The Hall–Kier alpha value is -3.68. The molecule has 2 aliphatic heterocycles. The van der Waals surface area contributed by atoms with Crippen LogP contribution in [-0.4, -0.2) is 71.2 Å². The van der Waals surface area contributed by atoms with E-state index < -0.39 is 6.09 Å². The summed E-state index contributed by atoms with van der Waals surface area (Å²) in [6, 6.07) is 14.1. The van der Waals surface area contributed by atoms with E-state index in [9.17, 15) is 19.2 Å². The van der Waals surface area contributed by atoms with Gasteiger partial charge in [0, 0.05) is 38.3 Å². The van der Waals surface area contributed by atoms with Crippen molar-refractivity contribution in [2.45, 2.75) is 20.5 Å². The molecule has 2 aromatic carbocycles. The molecule has 0 spiro atoms. The Morgan fingerprint density at radius 1 is 0.879 bits per heavy atom. The van der Waals surface area contributed by atoms with E-state index in [-0.39, 0.29) is 35.8 Å². The summed E-state index contributed by atoms with van der Waals surface area (Å²) in [7, 11) is 0. The Kier molecular flexibility index (Phi) is 6.44. The predicted octanol–water partition coefficient (Wildman–Crippen LogP) is 3.03. The summed E-state index contributed by atoms with van der Waals surface area (Å²) in [5, 5.41) is 0. The van der Waals surface area contributed by atoms with Crippen molar-refractivity contribution in [3.8, 4) is 0 Å². The first-order chi connectivity index (χ1) is 15.8. The second kappa shape index (κ2) is 9.44. The normalized spacial score (nSPS) is 15.8. The summed E-state index contributed by atoms with van der Waals surface area (Å²) < 4.78 is 5.37. The molecule has 8 heteroatoms. The highest BCUT2D eigenvalue weighted by Gasteiger charge is 2.36. The fourth-order valence-corrected chi connectivity index (χ4v) is 4.04. The quantitative estimate of drug-likeness (QED) is 0.655. The molecule has 0 unspecified atom stereocenters. The molecule has 2 aliphatic rings. The first-order valence-corrected chi connectivity index (χ1v) is 11.1. The van der Waals surface area contributed by atoms with Crippen LogP contribution in [0.5, 0.6) is 0 Å². The average molecular weight is 450 g/mol. The number of hydrogen-bond acceptors (Lipinski definition) is 5. The number of piperazine rings is 1. The van der Waals surface area contributed by atoms with Gasteiger partial charge < -0.3 is 14.5 Å². The lowest BCUT2D eigenvalue weighted by molar-refractivity contribution is 0.0544. The second-order valence-electron chi connectivity index (χ2n) is 8.69. The van der Waals surface area contributed by atoms with E-state index in [4.69, 9.17) is 4.74 Å². The van der Waals surface area contributed by atoms with Crippen molar-refractivity contribution < 1.29 is 23.9 Å². The van der Waals surface area contributed by atoms with Gasteiger partial charge in [-0.1, -0.05) is 44.2 Å². The van der Waals surface area contributed by atoms with E-state index in [0.29, 0.717) is 43.9 Å². The molecule has 172 valence electrons. The number of rotatable bonds is 5. The van der Waals surface area contributed by atoms with Gasteiger partial charge in [0.05, 0.1) is 11.1 Å². The second-order valence-corrected chi connectivity index (χ2v) is 8.69. The number of benzene rings is 2. The summed E-state index contributed by atoms with van der Waals surface area (Å²) in [4.78, 5) is 55.1. The number of carbonyl (C=O) groups is 4. The highest BCUT2D eigenvalue weighted by molar-refractivity contribution is 6.22. The van der Waals surface area contributed by atoms with Gasteiger partial charge in [-0.2, -0.15) is 0 Å². The van der Waals surface area contributed by atoms with Crippen molar-refractivity contribution in [1.82, 2.24) is 14.7 Å². The van der Waals surface area contributed by atoms with Crippen molar-refractivity contribution in [2.75, 3.05) is 32.7 Å². The van der Waals surface area contributed by atoms with Crippen LogP contribution >= 0.6 is 0 Å². The van der Waals surface area contributed by atoms with Crippen LogP contribution in [0.25, 0.3) is 0 Å². The number of fused-ring (bicyclic) bond motifs is 1. The highest BCUT2D eigenvalue weighted by atomic mass is 16.6. The van der Waals surface area contributed by atoms with Crippen molar-refractivity contribution in [1.29, 1.82) is 0 Å². The van der Waals surface area contributed by atoms with E-state index in [1.165, 1.54) is 11.0 Å². The maximum Gasteiger partial charge on any atom is 0.410 e. The number of ether oxygens (including phenoxy) is 1. The van der Waals surface area contributed by atoms with Gasteiger partial charge in [0.25, 0.3) is 17.7 Å². The lowest BCUT2D eigenvalue weighted by atomic mass is 10.0. The number of imide groups is 1. The van der Waals surface area contributed by atoms with Crippen LogP contribution in [0.4, 0.5) is 4.79 Å². The molecule has 2 heterocycles. The molecule has 8 nitrogen and oxygen atoms in total. The van der Waals surface area contributed by atoms with Crippen LogP contribution < -0.4 is 0 Å². The maximum absolute atomic E-state index is 13.0. The van der Waals surface area contributed by atoms with Crippen LogP contribution in [0.15, 0.2) is 48.5 Å². The van der Waals surface area contributed by atoms with Gasteiger partial charge in [-0.05, 0) is 29.7 Å². The van der Waals surface area contributed by atoms with Crippen molar-refractivity contribution >= 4 is 23.8 Å². The molecular formula is C25H27N3O5. The third-order valence-electron chi connectivity index (χ3n) is 5.80. The lowest BCUT2D eigenvalue weighted by Crippen LogP contribution is -2.50. The zero-order chi connectivity index (χ0) is 23.5. The van der Waals surface area contributed by atoms with E-state index in [1.807, 2.05) is 44.2 Å². The molecule has 1 fully saturated rings. The van der Waals surface area contributed by atoms with Gasteiger partial charge in [-0.25, -0.2) is 4.79 Å². The Morgan fingerprint density at radius 2 is 1.52 bits per heavy atom. The van der Waals surface area contributed by atoms with Crippen LogP contribution in [0.3, 0.4) is 0 Å². The number of nitrogens with zero attached hydrogens (tertiary/aromatic N) is 3. The molecule has 0 radical (unpaired) electrons. The largest absolute Gasteiger partial charge is 0.445 e. The van der Waals surface area contributed by atoms with Gasteiger partial charge >= 0.3 is 6.09 Å². The van der Waals surface area contributed by atoms with Crippen LogP contribution in [-0.2, 0) is 11.3 Å². The Bertz CT molecular complexity index is 1070. The van der Waals surface area contributed by atoms with Crippen molar-refractivity contribution in [3.63, 3.8) is 0 Å². The Labute approximate surface area is 192 Å². The number of carbonyl (C=O) groups excluding carboxylic acids is 4. The first kappa shape index (κ1) is 22.5. The van der Waals surface area contributed by atoms with E-state index in [2.05, 4.69) is 0 Å². The standard InChI is InChI=1S/C25H27N3O5/c1-17(2)15-28-23(30)20-9-8-19(14-21(20)24(28)31)22(29)26-10-12-27(13-11-26)25(32)33-16-18-6-4-3-5-7-18/h3-9,14,17H,10-13,15-16H2,1-2H3. The molecule has 4 amide bonds. The summed E-state index contributed by atoms with van der Waals surface area (Å²) in [5.74, 6) is -0.740. The summed E-state index contributed by atoms with van der Waals surface area (Å²) >= 11 is 0. The van der Waals surface area contributed by atoms with Crippen LogP contribution in [0.2, 0.25) is 0 Å². The molecule has 0 aliphatic carbocycles. The van der Waals surface area contributed by atoms with Crippen LogP contribution in [0.1, 0.15) is 50.5 Å². The smallest absolute Gasteiger partial charge is 0.410 e. The van der Waals surface area contributed by atoms with Gasteiger partial charge in [0.15, 0.2) is 0 Å². The van der Waals surface area contributed by atoms with Gasteiger partial charge in [-0.3, -0.25) is 19.3 Å². The first-order valence-electron chi connectivity index (χ1n) is 11.1. The van der Waals surface area contributed by atoms with Crippen LogP contribution in [0, 0.1) is 5.92 Å². The number of amides is 4. The summed E-state index contributed by atoms with van der Waals surface area (Å²) in [6.07, 6.45) is -0.405. The maximum atomic E-state index is 13.0. The Morgan fingerprint density at radius 3 is 2.18 bits per heavy atom. The molecule has 4 rings (SSSR count). The topological polar surface area (TPSA) is 87.2 Å². The third-order valence-corrected chi connectivity index (χ3v) is 5.80. The average Bonchev–Trinajstić information content (AvgIpc) is 3.06. The fourth-order valence-electron chi connectivity index (χ4n) is 4.04. The molecule has 0 N–H and O–H groups in total. The molecule has 0 bridgehead atoms. The highest BCUT2D eigenvalue weighted by Crippen LogP contribution is 2.25. The molecule has 0 aromatic heterocycles. The molecule has 33 heavy (non-hydrogen) atoms. The molecular weight excluding hydrogens is 422 g/mol. The predicted molar refractivity (Wildman–Crippen MR) is 121 cm³/mol. The van der Waals surface area contributed by atoms with Gasteiger partial charge in [0.2, 0.25) is 0 Å². The monoisotopic (exact) mass is 449 g/mol. The lowest BCUT2D eigenvalue weighted by Gasteiger charge is -2.34. The fraction of sp³-hybridized carbons (Fsp3) is 0.360. The van der Waals surface area contributed by atoms with Gasteiger partial charge in [0.1, 0.15) is 6.61 Å². The molecule has 2 aromatic rings. The summed E-state index contributed by atoms with van der Waals surface area (Å²) in [6.45, 7) is 5.89. The SMILES string of the molecule is CC(C)CN1C(=O)c2ccc(C(=O)N3CCN(C(=O)OCc4ccccc4)CC3)cc2C1=O. The van der Waals surface area contributed by atoms with Gasteiger partial charge in [-0.15, -0.1) is 0 Å². The number of hydrogen-bond donors (Lipinski definition) is 0. The van der Waals surface area contributed by atoms with Crippen molar-refractivity contribution in [2.24, 2.45) is 5.92 Å². The zero-order valence-corrected chi connectivity index (χ0v) is 18.8. The Balaban J connectivity index is 1.35. The van der Waals surface area contributed by atoms with E-state index in [0.717, 1.165) is 5.56 Å².